The van der Waals surface area contributed by atoms with Crippen LogP contribution in [0.1, 0.15) is 99.3 Å². The van der Waals surface area contributed by atoms with Crippen molar-refractivity contribution in [3.05, 3.63) is 132 Å². The van der Waals surface area contributed by atoms with Gasteiger partial charge in [-0.25, -0.2) is 19.0 Å². The van der Waals surface area contributed by atoms with E-state index in [2.05, 4.69) is 62.2 Å². The van der Waals surface area contributed by atoms with Crippen LogP contribution in [0.4, 0.5) is 0 Å². The van der Waals surface area contributed by atoms with Crippen LogP contribution in [0, 0.1) is 10.8 Å². The summed E-state index contributed by atoms with van der Waals surface area (Å²) in [5.74, 6) is 1.23. The molecule has 0 fully saturated rings. The average Bonchev–Trinajstić information content (AvgIpc) is 3.96. The highest BCUT2D eigenvalue weighted by molar-refractivity contribution is 5.92. The Morgan fingerprint density at radius 1 is 0.470 bits per heavy atom. The van der Waals surface area contributed by atoms with E-state index >= 15 is 0 Å². The van der Waals surface area contributed by atoms with E-state index < -0.39 is 11.9 Å². The first-order valence-corrected chi connectivity index (χ1v) is 22.8. The zero-order valence-corrected chi connectivity index (χ0v) is 39.2. The van der Waals surface area contributed by atoms with Gasteiger partial charge in [-0.15, -0.1) is 10.2 Å². The molecule has 14 nitrogen and oxygen atoms in total. The van der Waals surface area contributed by atoms with Crippen molar-refractivity contribution >= 4 is 11.9 Å². The van der Waals surface area contributed by atoms with E-state index in [0.717, 1.165) is 74.3 Å². The molecule has 0 amide bonds. The molecule has 0 radical (unpaired) electrons. The summed E-state index contributed by atoms with van der Waals surface area (Å²) in [4.78, 5) is 25.8. The molecule has 0 aliphatic carbocycles. The summed E-state index contributed by atoms with van der Waals surface area (Å²) in [6, 6.07) is 28.2. The van der Waals surface area contributed by atoms with E-state index in [-0.39, 0.29) is 10.8 Å². The van der Waals surface area contributed by atoms with Gasteiger partial charge in [0.1, 0.15) is 23.0 Å². The molecule has 6 rings (SSSR count). The molecule has 2 heterocycles. The molecule has 0 N–H and O–H groups in total. The number of rotatable bonds is 25. The average molecular weight is 901 g/mol. The first-order chi connectivity index (χ1) is 31.7. The van der Waals surface area contributed by atoms with E-state index in [9.17, 15) is 9.59 Å². The second kappa shape index (κ2) is 24.2. The van der Waals surface area contributed by atoms with Crippen LogP contribution in [0.3, 0.4) is 0 Å². The molecular weight excluding hydrogens is 837 g/mol. The number of hydrogen-bond donors (Lipinski definition) is 0. The molecule has 0 atom stereocenters. The number of carbonyl (C=O) groups excluding carboxylic acids is 2. The molecule has 14 heteroatoms. The normalized spacial score (nSPS) is 11.7. The van der Waals surface area contributed by atoms with Crippen molar-refractivity contribution in [2.24, 2.45) is 10.8 Å². The fraction of sp³-hybridized carbons (Fsp3) is 0.423. The number of benzene rings is 4. The Bertz CT molecular complexity index is 2210. The highest BCUT2D eigenvalue weighted by Crippen LogP contribution is 2.26. The fourth-order valence-corrected chi connectivity index (χ4v) is 6.43. The smallest absolute Gasteiger partial charge is 0.343 e. The molecule has 0 saturated carbocycles. The lowest BCUT2D eigenvalue weighted by Crippen LogP contribution is -2.12. The Hall–Kier alpha value is -6.38. The fourth-order valence-electron chi connectivity index (χ4n) is 6.43. The predicted octanol–water partition coefficient (Wildman–Crippen LogP) is 9.90. The second-order valence-corrected chi connectivity index (χ2v) is 18.6. The van der Waals surface area contributed by atoms with Crippen LogP contribution >= 0.6 is 0 Å². The zero-order chi connectivity index (χ0) is 46.8. The molecule has 0 saturated heterocycles. The van der Waals surface area contributed by atoms with Crippen molar-refractivity contribution in [1.82, 2.24) is 30.0 Å². The lowest BCUT2D eigenvalue weighted by molar-refractivity contribution is 0.0725. The van der Waals surface area contributed by atoms with Crippen molar-refractivity contribution in [1.29, 1.82) is 0 Å². The first-order valence-electron chi connectivity index (χ1n) is 22.8. The molecule has 350 valence electrons. The summed E-state index contributed by atoms with van der Waals surface area (Å²) in [6.07, 6.45) is 8.97. The zero-order valence-electron chi connectivity index (χ0n) is 39.2. The molecule has 4 aromatic carbocycles. The topological polar surface area (TPSA) is 151 Å². The lowest BCUT2D eigenvalue weighted by atomic mass is 9.93. The third kappa shape index (κ3) is 17.2. The standard InChI is InChI=1S/C52H64N6O8/c1-51(2,3)27-33-61-35-29-57-37-43(53-55-57)9-7-31-63-45-19-15-41(16-20-45)49(59)65-47-23-11-39(12-24-47)40-13-25-48(26-14-40)66-50(60)42-17-21-46(22-18-42)64-32-8-10-44-38-58(56-54-44)30-36-62-34-28-52(4,5)6/h11-26,37-38H,7-10,27-36H2,1-6H3. The van der Waals surface area contributed by atoms with E-state index in [1.54, 1.807) is 72.8 Å². The van der Waals surface area contributed by atoms with Crippen LogP contribution in [-0.4, -0.2) is 81.6 Å². The SMILES string of the molecule is CC(C)(C)CCOCCn1cc(CCCOc2ccc(C(=O)Oc3ccc(-c4ccc(OC(=O)c5ccc(OCCCc6cn(CCOCCC(C)(C)C)nn6)cc5)cc4)cc3)cc2)nn1. The number of aryl methyl sites for hydroxylation is 2. The van der Waals surface area contributed by atoms with E-state index in [0.29, 0.717) is 73.6 Å². The number of carbonyl (C=O) groups is 2. The number of esters is 2. The minimum Gasteiger partial charge on any atom is -0.494 e. The number of hydrogen-bond acceptors (Lipinski definition) is 12. The monoisotopic (exact) mass is 900 g/mol. The number of ether oxygens (including phenoxy) is 6. The second-order valence-electron chi connectivity index (χ2n) is 18.6. The third-order valence-electron chi connectivity index (χ3n) is 10.4. The van der Waals surface area contributed by atoms with Crippen molar-refractivity contribution in [3.8, 4) is 34.1 Å². The maximum Gasteiger partial charge on any atom is 0.343 e. The highest BCUT2D eigenvalue weighted by Gasteiger charge is 2.14. The molecule has 0 aliphatic heterocycles. The van der Waals surface area contributed by atoms with Crippen LogP contribution < -0.4 is 18.9 Å². The van der Waals surface area contributed by atoms with Crippen LogP contribution in [0.15, 0.2) is 109 Å². The van der Waals surface area contributed by atoms with Gasteiger partial charge < -0.3 is 28.4 Å². The van der Waals surface area contributed by atoms with E-state index in [1.165, 1.54) is 0 Å². The van der Waals surface area contributed by atoms with E-state index in [1.807, 2.05) is 46.0 Å². The maximum atomic E-state index is 12.9. The van der Waals surface area contributed by atoms with Gasteiger partial charge in [-0.1, -0.05) is 76.2 Å². The Morgan fingerprint density at radius 2 is 0.833 bits per heavy atom. The first kappa shape index (κ1) is 49.1. The van der Waals surface area contributed by atoms with Crippen molar-refractivity contribution in [2.45, 2.75) is 93.2 Å². The van der Waals surface area contributed by atoms with Crippen LogP contribution in [0.2, 0.25) is 0 Å². The van der Waals surface area contributed by atoms with Gasteiger partial charge in [0.05, 0.1) is 62.0 Å². The van der Waals surface area contributed by atoms with Crippen molar-refractivity contribution < 1.29 is 38.0 Å². The summed E-state index contributed by atoms with van der Waals surface area (Å²) in [5.41, 5.74) is 4.98. The quantitative estimate of drug-likeness (QED) is 0.0306. The third-order valence-corrected chi connectivity index (χ3v) is 10.4. The minimum atomic E-state index is -0.469. The highest BCUT2D eigenvalue weighted by atomic mass is 16.5. The number of aromatic nitrogens is 6. The van der Waals surface area contributed by atoms with Gasteiger partial charge in [0, 0.05) is 25.6 Å². The largest absolute Gasteiger partial charge is 0.494 e. The van der Waals surface area contributed by atoms with Gasteiger partial charge in [-0.3, -0.25) is 0 Å². The van der Waals surface area contributed by atoms with E-state index in [4.69, 9.17) is 28.4 Å². The molecular formula is C52H64N6O8. The summed E-state index contributed by atoms with van der Waals surface area (Å²) in [7, 11) is 0. The summed E-state index contributed by atoms with van der Waals surface area (Å²) in [6.45, 7) is 18.3. The summed E-state index contributed by atoms with van der Waals surface area (Å²) < 4.78 is 38.1. The van der Waals surface area contributed by atoms with Gasteiger partial charge in [0.2, 0.25) is 0 Å². The van der Waals surface area contributed by atoms with Crippen molar-refractivity contribution in [3.63, 3.8) is 0 Å². The Balaban J connectivity index is 0.848. The predicted molar refractivity (Wildman–Crippen MR) is 252 cm³/mol. The summed E-state index contributed by atoms with van der Waals surface area (Å²) >= 11 is 0. The molecule has 2 aromatic heterocycles. The molecule has 0 aliphatic rings. The van der Waals surface area contributed by atoms with Gasteiger partial charge in [-0.05, 0) is 133 Å². The molecule has 6 aromatic rings. The van der Waals surface area contributed by atoms with Crippen molar-refractivity contribution in [2.75, 3.05) is 39.6 Å². The minimum absolute atomic E-state index is 0.263. The van der Waals surface area contributed by atoms with Crippen LogP contribution in [0.25, 0.3) is 11.1 Å². The van der Waals surface area contributed by atoms with Gasteiger partial charge in [0.15, 0.2) is 0 Å². The lowest BCUT2D eigenvalue weighted by Gasteiger charge is -2.17. The summed E-state index contributed by atoms with van der Waals surface area (Å²) in [5, 5.41) is 16.9. The maximum absolute atomic E-state index is 12.9. The molecule has 66 heavy (non-hydrogen) atoms. The molecule has 0 bridgehead atoms. The van der Waals surface area contributed by atoms with Crippen LogP contribution in [0.5, 0.6) is 23.0 Å². The Labute approximate surface area is 388 Å². The van der Waals surface area contributed by atoms with Gasteiger partial charge in [-0.2, -0.15) is 0 Å². The van der Waals surface area contributed by atoms with Crippen LogP contribution in [-0.2, 0) is 35.4 Å². The molecule has 0 unspecified atom stereocenters. The van der Waals surface area contributed by atoms with Gasteiger partial charge >= 0.3 is 11.9 Å². The van der Waals surface area contributed by atoms with Gasteiger partial charge in [0.25, 0.3) is 0 Å². The Morgan fingerprint density at radius 3 is 1.20 bits per heavy atom. The molecule has 0 spiro atoms. The number of nitrogens with zero attached hydrogens (tertiary/aromatic N) is 6. The Kier molecular flexibility index (Phi) is 18.0.